The van der Waals surface area contributed by atoms with E-state index in [1.165, 1.54) is 24.3 Å². The number of hydrogen-bond donors (Lipinski definition) is 1. The summed E-state index contributed by atoms with van der Waals surface area (Å²) >= 11 is 11.4. The Morgan fingerprint density at radius 1 is 1.14 bits per heavy atom. The summed E-state index contributed by atoms with van der Waals surface area (Å²) in [5, 5.41) is 2.52. The molecule has 1 amide bonds. The van der Waals surface area contributed by atoms with Crippen molar-refractivity contribution in [2.45, 2.75) is 6.18 Å². The number of amides is 1. The number of alkyl halides is 3. The highest BCUT2D eigenvalue weighted by atomic mass is 35.5. The van der Waals surface area contributed by atoms with Gasteiger partial charge in [-0.15, -0.1) is 0 Å². The summed E-state index contributed by atoms with van der Waals surface area (Å²) < 4.78 is 37.7. The molecule has 2 aromatic rings. The molecular weight excluding hydrogens is 328 g/mol. The number of halogens is 5. The van der Waals surface area contributed by atoms with Crippen molar-refractivity contribution in [1.82, 2.24) is 4.98 Å². The number of aromatic nitrogens is 1. The number of carbonyl (C=O) groups is 1. The lowest BCUT2D eigenvalue weighted by Gasteiger charge is -2.09. The third-order valence-electron chi connectivity index (χ3n) is 2.44. The summed E-state index contributed by atoms with van der Waals surface area (Å²) in [4.78, 5) is 15.7. The topological polar surface area (TPSA) is 42.0 Å². The Hall–Kier alpha value is -1.79. The van der Waals surface area contributed by atoms with E-state index in [1.54, 1.807) is 0 Å². The summed E-state index contributed by atoms with van der Waals surface area (Å²) in [7, 11) is 0. The monoisotopic (exact) mass is 334 g/mol. The Kier molecular flexibility index (Phi) is 4.39. The molecule has 0 saturated carbocycles. The lowest BCUT2D eigenvalue weighted by Crippen LogP contribution is -2.14. The molecule has 0 atom stereocenters. The van der Waals surface area contributed by atoms with E-state index in [-0.39, 0.29) is 21.6 Å². The van der Waals surface area contributed by atoms with Gasteiger partial charge in [0, 0.05) is 10.7 Å². The lowest BCUT2D eigenvalue weighted by molar-refractivity contribution is -0.137. The first-order valence-corrected chi connectivity index (χ1v) is 6.33. The van der Waals surface area contributed by atoms with Gasteiger partial charge in [-0.25, -0.2) is 4.98 Å². The van der Waals surface area contributed by atoms with Gasteiger partial charge in [0.25, 0.3) is 5.91 Å². The zero-order valence-electron chi connectivity index (χ0n) is 10.2. The molecule has 110 valence electrons. The van der Waals surface area contributed by atoms with E-state index >= 15 is 0 Å². The molecule has 21 heavy (non-hydrogen) atoms. The SMILES string of the molecule is O=C(Nc1cccc(C(F)(F)F)c1)c1cc(Cl)cc(Cl)n1. The molecule has 1 heterocycles. The van der Waals surface area contributed by atoms with E-state index in [4.69, 9.17) is 23.2 Å². The lowest BCUT2D eigenvalue weighted by atomic mass is 10.2. The van der Waals surface area contributed by atoms with Gasteiger partial charge in [-0.2, -0.15) is 13.2 Å². The van der Waals surface area contributed by atoms with Crippen LogP contribution in [0.1, 0.15) is 16.1 Å². The van der Waals surface area contributed by atoms with Crippen LogP contribution in [0.3, 0.4) is 0 Å². The standard InChI is InChI=1S/C13H7Cl2F3N2O/c14-8-5-10(20-11(15)6-8)12(21)19-9-3-1-2-7(4-9)13(16,17)18/h1-6H,(H,19,21). The number of rotatable bonds is 2. The maximum atomic E-state index is 12.6. The predicted octanol–water partition coefficient (Wildman–Crippen LogP) is 4.66. The Labute approximate surface area is 127 Å². The highest BCUT2D eigenvalue weighted by Gasteiger charge is 2.30. The maximum Gasteiger partial charge on any atom is 0.416 e. The number of nitrogens with zero attached hydrogens (tertiary/aromatic N) is 1. The van der Waals surface area contributed by atoms with Crippen LogP contribution >= 0.6 is 23.2 Å². The Morgan fingerprint density at radius 3 is 2.48 bits per heavy atom. The van der Waals surface area contributed by atoms with E-state index in [1.807, 2.05) is 0 Å². The third kappa shape index (κ3) is 4.09. The maximum absolute atomic E-state index is 12.6. The van der Waals surface area contributed by atoms with E-state index < -0.39 is 17.6 Å². The first kappa shape index (κ1) is 15.6. The van der Waals surface area contributed by atoms with Gasteiger partial charge >= 0.3 is 6.18 Å². The second-order valence-corrected chi connectivity index (χ2v) is 4.85. The van der Waals surface area contributed by atoms with Crippen LogP contribution in [0.15, 0.2) is 36.4 Å². The number of pyridine rings is 1. The van der Waals surface area contributed by atoms with Crippen LogP contribution in [0.2, 0.25) is 10.2 Å². The second kappa shape index (κ2) is 5.91. The van der Waals surface area contributed by atoms with Crippen LogP contribution in [-0.4, -0.2) is 10.9 Å². The minimum absolute atomic E-state index is 0.00674. The molecule has 2 rings (SSSR count). The summed E-state index contributed by atoms with van der Waals surface area (Å²) in [6.07, 6.45) is -4.49. The largest absolute Gasteiger partial charge is 0.416 e. The molecule has 0 bridgehead atoms. The number of hydrogen-bond acceptors (Lipinski definition) is 2. The Balaban J connectivity index is 2.23. The summed E-state index contributed by atoms with van der Waals surface area (Å²) in [6, 6.07) is 6.85. The average molecular weight is 335 g/mol. The molecule has 1 aromatic heterocycles. The molecule has 0 radical (unpaired) electrons. The van der Waals surface area contributed by atoms with Crippen LogP contribution in [0.25, 0.3) is 0 Å². The minimum Gasteiger partial charge on any atom is -0.321 e. The number of anilines is 1. The minimum atomic E-state index is -4.49. The molecule has 0 fully saturated rings. The summed E-state index contributed by atoms with van der Waals surface area (Å²) in [5.41, 5.74) is -0.963. The van der Waals surface area contributed by atoms with Crippen molar-refractivity contribution in [2.24, 2.45) is 0 Å². The van der Waals surface area contributed by atoms with Crippen LogP contribution in [0, 0.1) is 0 Å². The fourth-order valence-electron chi connectivity index (χ4n) is 1.55. The zero-order valence-corrected chi connectivity index (χ0v) is 11.7. The molecule has 1 aromatic carbocycles. The molecule has 8 heteroatoms. The normalized spacial score (nSPS) is 11.3. The predicted molar refractivity (Wildman–Crippen MR) is 73.7 cm³/mol. The molecule has 0 aliphatic heterocycles. The highest BCUT2D eigenvalue weighted by molar-refractivity contribution is 6.34. The van der Waals surface area contributed by atoms with Gasteiger partial charge in [0.2, 0.25) is 0 Å². The molecule has 1 N–H and O–H groups in total. The molecule has 0 aliphatic rings. The van der Waals surface area contributed by atoms with Gasteiger partial charge < -0.3 is 5.32 Å². The van der Waals surface area contributed by atoms with Gasteiger partial charge in [0.15, 0.2) is 0 Å². The summed E-state index contributed by atoms with van der Waals surface area (Å²) in [5.74, 6) is -0.710. The molecule has 0 saturated heterocycles. The van der Waals surface area contributed by atoms with Crippen molar-refractivity contribution in [3.05, 3.63) is 57.8 Å². The van der Waals surface area contributed by atoms with Crippen LogP contribution in [-0.2, 0) is 6.18 Å². The van der Waals surface area contributed by atoms with Crippen molar-refractivity contribution in [3.63, 3.8) is 0 Å². The number of benzene rings is 1. The van der Waals surface area contributed by atoms with Crippen molar-refractivity contribution >= 4 is 34.8 Å². The van der Waals surface area contributed by atoms with Crippen molar-refractivity contribution in [1.29, 1.82) is 0 Å². The molecule has 0 aliphatic carbocycles. The van der Waals surface area contributed by atoms with E-state index in [0.717, 1.165) is 12.1 Å². The first-order chi connectivity index (χ1) is 9.75. The zero-order chi connectivity index (χ0) is 15.6. The van der Waals surface area contributed by atoms with Crippen LogP contribution in [0.4, 0.5) is 18.9 Å². The fourth-order valence-corrected chi connectivity index (χ4v) is 2.02. The molecular formula is C13H7Cl2F3N2O. The fraction of sp³-hybridized carbons (Fsp3) is 0.0769. The van der Waals surface area contributed by atoms with E-state index in [2.05, 4.69) is 10.3 Å². The smallest absolute Gasteiger partial charge is 0.321 e. The van der Waals surface area contributed by atoms with Crippen LogP contribution in [0.5, 0.6) is 0 Å². The third-order valence-corrected chi connectivity index (χ3v) is 2.85. The van der Waals surface area contributed by atoms with Gasteiger partial charge in [-0.3, -0.25) is 4.79 Å². The van der Waals surface area contributed by atoms with Crippen LogP contribution < -0.4 is 5.32 Å². The molecule has 0 spiro atoms. The summed E-state index contributed by atoms with van der Waals surface area (Å²) in [6.45, 7) is 0. The second-order valence-electron chi connectivity index (χ2n) is 4.03. The number of nitrogens with one attached hydrogen (secondary N) is 1. The van der Waals surface area contributed by atoms with Crippen molar-refractivity contribution in [3.8, 4) is 0 Å². The Morgan fingerprint density at radius 2 is 1.86 bits per heavy atom. The number of carbonyl (C=O) groups excluding carboxylic acids is 1. The first-order valence-electron chi connectivity index (χ1n) is 5.57. The molecule has 3 nitrogen and oxygen atoms in total. The van der Waals surface area contributed by atoms with Gasteiger partial charge in [0.1, 0.15) is 10.8 Å². The van der Waals surface area contributed by atoms with E-state index in [0.29, 0.717) is 0 Å². The van der Waals surface area contributed by atoms with E-state index in [9.17, 15) is 18.0 Å². The van der Waals surface area contributed by atoms with Gasteiger partial charge in [-0.1, -0.05) is 29.3 Å². The van der Waals surface area contributed by atoms with Gasteiger partial charge in [0.05, 0.1) is 5.56 Å². The van der Waals surface area contributed by atoms with Crippen molar-refractivity contribution < 1.29 is 18.0 Å². The highest BCUT2D eigenvalue weighted by Crippen LogP contribution is 2.30. The Bertz CT molecular complexity index is 669. The molecule has 0 unspecified atom stereocenters. The van der Waals surface area contributed by atoms with Gasteiger partial charge in [-0.05, 0) is 30.3 Å². The quantitative estimate of drug-likeness (QED) is 0.811. The average Bonchev–Trinajstić information content (AvgIpc) is 2.37. The van der Waals surface area contributed by atoms with Crippen molar-refractivity contribution in [2.75, 3.05) is 5.32 Å².